The van der Waals surface area contributed by atoms with Gasteiger partial charge >= 0.3 is 0 Å². The number of hydrogen-bond acceptors (Lipinski definition) is 7. The minimum atomic E-state index is -0.250. The Hall–Kier alpha value is -4.24. The third kappa shape index (κ3) is 6.57. The van der Waals surface area contributed by atoms with Crippen molar-refractivity contribution in [2.24, 2.45) is 0 Å². The molecule has 1 aliphatic heterocycles. The molecule has 9 heteroatoms. The fourth-order valence-electron chi connectivity index (χ4n) is 5.36. The van der Waals surface area contributed by atoms with E-state index < -0.39 is 0 Å². The van der Waals surface area contributed by atoms with Gasteiger partial charge in [-0.2, -0.15) is 5.10 Å². The molecule has 4 aromatic rings. The number of nitrogens with two attached hydrogens (primary N) is 1. The average Bonchev–Trinajstić information content (AvgIpc) is 3.43. The summed E-state index contributed by atoms with van der Waals surface area (Å²) >= 11 is 0. The number of likely N-dealkylation sites (tertiary alicyclic amines) is 1. The van der Waals surface area contributed by atoms with E-state index in [-0.39, 0.29) is 18.0 Å². The van der Waals surface area contributed by atoms with Gasteiger partial charge < -0.3 is 15.2 Å². The van der Waals surface area contributed by atoms with Gasteiger partial charge in [0.15, 0.2) is 5.82 Å². The van der Waals surface area contributed by atoms with Gasteiger partial charge in [0.2, 0.25) is 0 Å². The first-order valence-corrected chi connectivity index (χ1v) is 14.0. The molecule has 1 atom stereocenters. The second-order valence-electron chi connectivity index (χ2n) is 10.7. The number of halogens is 1. The van der Waals surface area contributed by atoms with Crippen LogP contribution in [-0.4, -0.2) is 51.6 Å². The van der Waals surface area contributed by atoms with E-state index in [1.54, 1.807) is 25.3 Å². The topological polar surface area (TPSA) is 113 Å². The Bertz CT molecular complexity index is 1500. The van der Waals surface area contributed by atoms with Crippen LogP contribution in [0, 0.1) is 11.2 Å². The third-order valence-electron chi connectivity index (χ3n) is 7.46. The Labute approximate surface area is 240 Å². The summed E-state index contributed by atoms with van der Waals surface area (Å²) in [5.74, 6) is 2.40. The quantitative estimate of drug-likeness (QED) is 0.163. The van der Waals surface area contributed by atoms with Crippen LogP contribution in [0.3, 0.4) is 0 Å². The van der Waals surface area contributed by atoms with Crippen LogP contribution in [0.2, 0.25) is 0 Å². The first-order chi connectivity index (χ1) is 19.8. The second-order valence-corrected chi connectivity index (χ2v) is 10.7. The predicted molar refractivity (Wildman–Crippen MR) is 159 cm³/mol. The number of nitrogens with zero attached hydrogens (tertiary/aromatic N) is 3. The summed E-state index contributed by atoms with van der Waals surface area (Å²) in [7, 11) is 1.57. The lowest BCUT2D eigenvalue weighted by Crippen LogP contribution is -2.40. The lowest BCUT2D eigenvalue weighted by atomic mass is 9.97. The number of ether oxygens (including phenoxy) is 2. The molecule has 4 N–H and O–H groups in total. The number of benzene rings is 3. The average molecular weight is 557 g/mol. The molecular formula is C32H37FN6O2. The van der Waals surface area contributed by atoms with Crippen LogP contribution in [0.15, 0.2) is 60.7 Å². The number of aromatic amines is 1. The molecular weight excluding hydrogens is 519 g/mol. The maximum absolute atomic E-state index is 14.7. The zero-order valence-electron chi connectivity index (χ0n) is 23.8. The molecule has 1 aliphatic rings. The van der Waals surface area contributed by atoms with Crippen molar-refractivity contribution in [3.05, 3.63) is 89.0 Å². The largest absolute Gasteiger partial charge is 0.496 e. The van der Waals surface area contributed by atoms with Crippen LogP contribution >= 0.6 is 0 Å². The van der Waals surface area contributed by atoms with Gasteiger partial charge in [0.05, 0.1) is 18.9 Å². The summed E-state index contributed by atoms with van der Waals surface area (Å²) in [4.78, 5) is 7.10. The summed E-state index contributed by atoms with van der Waals surface area (Å²) in [6.45, 7) is 5.32. The van der Waals surface area contributed by atoms with Gasteiger partial charge in [0.1, 0.15) is 23.1 Å². The zero-order chi connectivity index (χ0) is 28.9. The fourth-order valence-corrected chi connectivity index (χ4v) is 5.36. The van der Waals surface area contributed by atoms with Crippen LogP contribution in [-0.2, 0) is 13.0 Å². The summed E-state index contributed by atoms with van der Waals surface area (Å²) < 4.78 is 25.8. The van der Waals surface area contributed by atoms with E-state index in [9.17, 15) is 4.39 Å². The van der Waals surface area contributed by atoms with E-state index in [4.69, 9.17) is 25.6 Å². The van der Waals surface area contributed by atoms with E-state index in [2.05, 4.69) is 15.1 Å². The molecule has 1 unspecified atom stereocenters. The van der Waals surface area contributed by atoms with Crippen molar-refractivity contribution in [1.82, 2.24) is 20.1 Å². The van der Waals surface area contributed by atoms with Crippen molar-refractivity contribution in [3.63, 3.8) is 0 Å². The molecule has 0 amide bonds. The van der Waals surface area contributed by atoms with Crippen LogP contribution in [0.25, 0.3) is 11.4 Å². The molecule has 1 aromatic heterocycles. The van der Waals surface area contributed by atoms with Gasteiger partial charge in [0.25, 0.3) is 0 Å². The maximum Gasteiger partial charge on any atom is 0.181 e. The van der Waals surface area contributed by atoms with Gasteiger partial charge in [-0.05, 0) is 87.8 Å². The van der Waals surface area contributed by atoms with Crippen molar-refractivity contribution >= 4 is 11.4 Å². The number of rotatable bonds is 10. The van der Waals surface area contributed by atoms with Crippen LogP contribution in [0.4, 0.5) is 10.1 Å². The lowest BCUT2D eigenvalue weighted by molar-refractivity contribution is 0.134. The van der Waals surface area contributed by atoms with Crippen LogP contribution in [0.5, 0.6) is 11.5 Å². The number of nitrogen functional groups attached to an aromatic ring is 1. The van der Waals surface area contributed by atoms with Gasteiger partial charge in [-0.25, -0.2) is 9.37 Å². The van der Waals surface area contributed by atoms with Gasteiger partial charge in [0, 0.05) is 46.9 Å². The maximum atomic E-state index is 14.7. The number of nitrogens with one attached hydrogen (secondary N) is 2. The summed E-state index contributed by atoms with van der Waals surface area (Å²) in [6.07, 6.45) is 3.94. The van der Waals surface area contributed by atoms with Crippen molar-refractivity contribution in [2.75, 3.05) is 19.4 Å². The number of aromatic nitrogens is 3. The molecule has 2 heterocycles. The molecule has 214 valence electrons. The Kier molecular flexibility index (Phi) is 8.64. The van der Waals surface area contributed by atoms with E-state index in [0.717, 1.165) is 48.5 Å². The highest BCUT2D eigenvalue weighted by molar-refractivity contribution is 6.14. The predicted octanol–water partition coefficient (Wildman–Crippen LogP) is 6.00. The van der Waals surface area contributed by atoms with E-state index in [1.165, 1.54) is 6.07 Å². The Morgan fingerprint density at radius 2 is 1.95 bits per heavy atom. The molecule has 0 aliphatic carbocycles. The number of H-pyrrole nitrogens is 1. The van der Waals surface area contributed by atoms with E-state index in [1.807, 2.05) is 50.2 Å². The molecule has 8 nitrogen and oxygen atoms in total. The highest BCUT2D eigenvalue weighted by atomic mass is 19.1. The molecule has 0 spiro atoms. The minimum Gasteiger partial charge on any atom is -0.496 e. The third-order valence-corrected chi connectivity index (χ3v) is 7.46. The highest BCUT2D eigenvalue weighted by Crippen LogP contribution is 2.29. The van der Waals surface area contributed by atoms with Gasteiger partial charge in [-0.15, -0.1) is 0 Å². The molecule has 5 rings (SSSR count). The molecule has 0 saturated carbocycles. The van der Waals surface area contributed by atoms with Crippen LogP contribution in [0.1, 0.15) is 55.6 Å². The second kappa shape index (κ2) is 12.5. The van der Waals surface area contributed by atoms with Crippen molar-refractivity contribution in [2.45, 2.75) is 58.2 Å². The van der Waals surface area contributed by atoms with Gasteiger partial charge in [-0.3, -0.25) is 15.4 Å². The molecule has 41 heavy (non-hydrogen) atoms. The smallest absolute Gasteiger partial charge is 0.181 e. The lowest BCUT2D eigenvalue weighted by Gasteiger charge is -2.35. The van der Waals surface area contributed by atoms with E-state index >= 15 is 0 Å². The number of piperidine rings is 1. The zero-order valence-corrected chi connectivity index (χ0v) is 23.8. The number of methoxy groups -OCH3 is 1. The monoisotopic (exact) mass is 556 g/mol. The highest BCUT2D eigenvalue weighted by Gasteiger charge is 2.26. The van der Waals surface area contributed by atoms with Crippen molar-refractivity contribution in [3.8, 4) is 22.9 Å². The minimum absolute atomic E-state index is 0.0791. The first-order valence-electron chi connectivity index (χ1n) is 14.0. The summed E-state index contributed by atoms with van der Waals surface area (Å²) in [6, 6.07) is 18.1. The molecule has 1 saturated heterocycles. The molecule has 0 bridgehead atoms. The number of hydrogen-bond donors (Lipinski definition) is 3. The standard InChI is InChI=1S/C32H37FN6O2/c1-20(2)41-24-13-10-21(11-14-24)31(35)25-17-22(12-15-28(25)34)32-36-30(37-38-32)18-23-7-4-5-16-39(23)19-26-27(33)8-6-9-29(26)40-3/h6,8-15,17,20,23,35H,4-5,7,16,18-19,34H2,1-3H3,(H,36,37,38). The normalized spacial score (nSPS) is 15.7. The SMILES string of the molecule is COc1cccc(F)c1CN1CCCCC1Cc1nc(-c2ccc(N)c(C(=N)c3ccc(OC(C)C)cc3)c2)n[nH]1. The van der Waals surface area contributed by atoms with E-state index in [0.29, 0.717) is 47.1 Å². The van der Waals surface area contributed by atoms with Gasteiger partial charge in [-0.1, -0.05) is 12.5 Å². The number of anilines is 1. The molecule has 3 aromatic carbocycles. The van der Waals surface area contributed by atoms with Crippen molar-refractivity contribution in [1.29, 1.82) is 5.41 Å². The molecule has 0 radical (unpaired) electrons. The first kappa shape index (κ1) is 28.3. The Morgan fingerprint density at radius 3 is 2.71 bits per heavy atom. The fraction of sp³-hybridized carbons (Fsp3) is 0.344. The van der Waals surface area contributed by atoms with Crippen LogP contribution < -0.4 is 15.2 Å². The Balaban J connectivity index is 1.32. The van der Waals surface area contributed by atoms with Crippen molar-refractivity contribution < 1.29 is 13.9 Å². The summed E-state index contributed by atoms with van der Waals surface area (Å²) in [5, 5.41) is 16.4. The summed E-state index contributed by atoms with van der Waals surface area (Å²) in [5.41, 5.74) is 9.83. The Morgan fingerprint density at radius 1 is 1.15 bits per heavy atom. The molecule has 1 fully saturated rings.